The molecule has 0 aliphatic rings. The molecule has 1 rings (SSSR count). The third-order valence-electron chi connectivity index (χ3n) is 1.12. The van der Waals surface area contributed by atoms with Crippen LogP contribution in [-0.4, -0.2) is 11.5 Å². The van der Waals surface area contributed by atoms with E-state index in [1.165, 1.54) is 0 Å². The van der Waals surface area contributed by atoms with E-state index >= 15 is 0 Å². The lowest BCUT2D eigenvalue weighted by Gasteiger charge is -1.99. The van der Waals surface area contributed by atoms with Crippen LogP contribution in [0.1, 0.15) is 5.69 Å². The molecule has 58 valence electrons. The highest BCUT2D eigenvalue weighted by molar-refractivity contribution is 9.10. The Morgan fingerprint density at radius 2 is 2.55 bits per heavy atom. The van der Waals surface area contributed by atoms with E-state index in [-0.39, 0.29) is 6.61 Å². The summed E-state index contributed by atoms with van der Waals surface area (Å²) in [5, 5.41) is 0. The fourth-order valence-corrected chi connectivity index (χ4v) is 1.01. The van der Waals surface area contributed by atoms with Crippen LogP contribution in [0.15, 0.2) is 22.8 Å². The number of hydrogen-bond acceptors (Lipinski definition) is 3. The van der Waals surface area contributed by atoms with E-state index in [0.29, 0.717) is 6.47 Å². The summed E-state index contributed by atoms with van der Waals surface area (Å²) < 4.78 is 5.38. The van der Waals surface area contributed by atoms with Gasteiger partial charge < -0.3 is 4.74 Å². The molecule has 11 heavy (non-hydrogen) atoms. The highest BCUT2D eigenvalue weighted by Crippen LogP contribution is 2.13. The van der Waals surface area contributed by atoms with Gasteiger partial charge in [0.05, 0.1) is 5.69 Å². The van der Waals surface area contributed by atoms with Gasteiger partial charge in [-0.3, -0.25) is 9.78 Å². The number of halogens is 1. The summed E-state index contributed by atoms with van der Waals surface area (Å²) in [5.74, 6) is 0. The smallest absolute Gasteiger partial charge is 0.293 e. The lowest BCUT2D eigenvalue weighted by atomic mass is 10.4. The van der Waals surface area contributed by atoms with Crippen LogP contribution in [0.4, 0.5) is 0 Å². The second-order valence-electron chi connectivity index (χ2n) is 1.84. The number of carbonyl (C=O) groups is 1. The van der Waals surface area contributed by atoms with Gasteiger partial charge >= 0.3 is 0 Å². The minimum Gasteiger partial charge on any atom is -0.461 e. The van der Waals surface area contributed by atoms with Gasteiger partial charge in [0, 0.05) is 10.7 Å². The number of pyridine rings is 1. The van der Waals surface area contributed by atoms with Gasteiger partial charge in [-0.2, -0.15) is 0 Å². The Balaban J connectivity index is 2.69. The average Bonchev–Trinajstić information content (AvgIpc) is 2.03. The van der Waals surface area contributed by atoms with Gasteiger partial charge in [0.25, 0.3) is 6.47 Å². The first-order valence-corrected chi connectivity index (χ1v) is 3.78. The van der Waals surface area contributed by atoms with Crippen molar-refractivity contribution in [1.29, 1.82) is 0 Å². The number of rotatable bonds is 3. The van der Waals surface area contributed by atoms with E-state index in [4.69, 9.17) is 0 Å². The average molecular weight is 216 g/mol. The maximum atomic E-state index is 9.82. The molecule has 3 nitrogen and oxygen atoms in total. The van der Waals surface area contributed by atoms with Crippen molar-refractivity contribution in [3.8, 4) is 0 Å². The van der Waals surface area contributed by atoms with Crippen LogP contribution in [0.2, 0.25) is 0 Å². The number of hydrogen-bond donors (Lipinski definition) is 0. The highest BCUT2D eigenvalue weighted by atomic mass is 79.9. The molecule has 1 heterocycles. The van der Waals surface area contributed by atoms with Gasteiger partial charge in [0.15, 0.2) is 0 Å². The van der Waals surface area contributed by atoms with Crippen LogP contribution in [0, 0.1) is 0 Å². The lowest BCUT2D eigenvalue weighted by Crippen LogP contribution is -1.94. The molecule has 0 amide bonds. The molecular formula is C7H6BrNO2. The molecule has 0 aromatic carbocycles. The summed E-state index contributed by atoms with van der Waals surface area (Å²) in [7, 11) is 0. The first kappa shape index (κ1) is 8.20. The van der Waals surface area contributed by atoms with Crippen LogP contribution in [0.5, 0.6) is 0 Å². The lowest BCUT2D eigenvalue weighted by molar-refractivity contribution is -0.129. The molecule has 1 aromatic heterocycles. The molecule has 0 bridgehead atoms. The Morgan fingerprint density at radius 1 is 1.73 bits per heavy atom. The molecule has 1 aromatic rings. The predicted molar refractivity (Wildman–Crippen MR) is 42.8 cm³/mol. The van der Waals surface area contributed by atoms with Gasteiger partial charge in [-0.05, 0) is 28.1 Å². The van der Waals surface area contributed by atoms with E-state index in [0.717, 1.165) is 10.2 Å². The molecule has 0 spiro atoms. The molecule has 0 aliphatic carbocycles. The number of carbonyl (C=O) groups excluding carboxylic acids is 1. The second-order valence-corrected chi connectivity index (χ2v) is 2.69. The molecule has 0 radical (unpaired) electrons. The van der Waals surface area contributed by atoms with Gasteiger partial charge in [-0.1, -0.05) is 0 Å². The fraction of sp³-hybridized carbons (Fsp3) is 0.143. The minimum atomic E-state index is 0.213. The van der Waals surface area contributed by atoms with Crippen LogP contribution >= 0.6 is 15.9 Å². The second kappa shape index (κ2) is 4.08. The number of aromatic nitrogens is 1. The van der Waals surface area contributed by atoms with E-state index in [2.05, 4.69) is 25.7 Å². The summed E-state index contributed by atoms with van der Waals surface area (Å²) >= 11 is 3.27. The normalized spacial score (nSPS) is 9.18. The Labute approximate surface area is 72.5 Å². The van der Waals surface area contributed by atoms with Crippen molar-refractivity contribution >= 4 is 22.4 Å². The van der Waals surface area contributed by atoms with Crippen molar-refractivity contribution < 1.29 is 9.53 Å². The van der Waals surface area contributed by atoms with Crippen molar-refractivity contribution in [2.75, 3.05) is 0 Å². The van der Waals surface area contributed by atoms with E-state index in [9.17, 15) is 4.79 Å². The SMILES string of the molecule is O=COCc1ncccc1Br. The van der Waals surface area contributed by atoms with Crippen molar-refractivity contribution in [3.05, 3.63) is 28.5 Å². The standard InChI is InChI=1S/C7H6BrNO2/c8-6-2-1-3-9-7(6)4-11-5-10/h1-3,5H,4H2. The molecule has 0 saturated carbocycles. The molecule has 0 fully saturated rings. The maximum Gasteiger partial charge on any atom is 0.293 e. The van der Waals surface area contributed by atoms with Crippen molar-refractivity contribution in [2.45, 2.75) is 6.61 Å². The third kappa shape index (κ3) is 2.31. The monoisotopic (exact) mass is 215 g/mol. The zero-order valence-corrected chi connectivity index (χ0v) is 7.24. The quantitative estimate of drug-likeness (QED) is 0.719. The van der Waals surface area contributed by atoms with Crippen LogP contribution in [-0.2, 0) is 16.1 Å². The first-order chi connectivity index (χ1) is 5.34. The Hall–Kier alpha value is -0.900. The van der Waals surface area contributed by atoms with Crippen LogP contribution in [0.25, 0.3) is 0 Å². The Kier molecular flexibility index (Phi) is 3.04. The third-order valence-corrected chi connectivity index (χ3v) is 1.84. The molecule has 0 atom stereocenters. The molecule has 4 heteroatoms. The highest BCUT2D eigenvalue weighted by Gasteiger charge is 1.98. The molecular weight excluding hydrogens is 210 g/mol. The van der Waals surface area contributed by atoms with Crippen molar-refractivity contribution in [3.63, 3.8) is 0 Å². The molecule has 0 N–H and O–H groups in total. The van der Waals surface area contributed by atoms with Gasteiger partial charge in [0.1, 0.15) is 6.61 Å². The zero-order valence-electron chi connectivity index (χ0n) is 5.66. The van der Waals surface area contributed by atoms with Gasteiger partial charge in [0.2, 0.25) is 0 Å². The van der Waals surface area contributed by atoms with Gasteiger partial charge in [-0.25, -0.2) is 0 Å². The van der Waals surface area contributed by atoms with E-state index in [1.807, 2.05) is 6.07 Å². The zero-order chi connectivity index (χ0) is 8.10. The Morgan fingerprint density at radius 3 is 3.18 bits per heavy atom. The van der Waals surface area contributed by atoms with Crippen molar-refractivity contribution in [2.24, 2.45) is 0 Å². The van der Waals surface area contributed by atoms with E-state index < -0.39 is 0 Å². The molecule has 0 saturated heterocycles. The number of ether oxygens (including phenoxy) is 1. The van der Waals surface area contributed by atoms with Gasteiger partial charge in [-0.15, -0.1) is 0 Å². The Bertz CT molecular complexity index is 252. The summed E-state index contributed by atoms with van der Waals surface area (Å²) in [5.41, 5.74) is 0.722. The fourth-order valence-electron chi connectivity index (χ4n) is 0.638. The number of nitrogens with zero attached hydrogens (tertiary/aromatic N) is 1. The topological polar surface area (TPSA) is 39.2 Å². The maximum absolute atomic E-state index is 9.82. The summed E-state index contributed by atoms with van der Waals surface area (Å²) in [6.45, 7) is 0.617. The largest absolute Gasteiger partial charge is 0.461 e. The van der Waals surface area contributed by atoms with E-state index in [1.54, 1.807) is 12.3 Å². The van der Waals surface area contributed by atoms with Crippen LogP contribution in [0.3, 0.4) is 0 Å². The summed E-state index contributed by atoms with van der Waals surface area (Å²) in [6, 6.07) is 3.64. The summed E-state index contributed by atoms with van der Waals surface area (Å²) in [6.07, 6.45) is 1.65. The van der Waals surface area contributed by atoms with Crippen molar-refractivity contribution in [1.82, 2.24) is 4.98 Å². The molecule has 0 unspecified atom stereocenters. The predicted octanol–water partition coefficient (Wildman–Crippen LogP) is 1.52. The molecule has 0 aliphatic heterocycles. The summed E-state index contributed by atoms with van der Waals surface area (Å²) in [4.78, 5) is 13.8. The van der Waals surface area contributed by atoms with Crippen LogP contribution < -0.4 is 0 Å². The first-order valence-electron chi connectivity index (χ1n) is 2.99. The minimum absolute atomic E-state index is 0.213.